The third-order valence-electron chi connectivity index (χ3n) is 3.08. The molecule has 0 fully saturated rings. The highest BCUT2D eigenvalue weighted by molar-refractivity contribution is 7.93. The summed E-state index contributed by atoms with van der Waals surface area (Å²) in [4.78, 5) is 0. The average Bonchev–Trinajstić information content (AvgIpc) is 2.67. The molecular weight excluding hydrogens is 219 g/mol. The van der Waals surface area contributed by atoms with E-state index in [1.807, 2.05) is 6.07 Å². The topological polar surface area (TPSA) is 0 Å². The van der Waals surface area contributed by atoms with Crippen LogP contribution < -0.4 is 0 Å². The summed E-state index contributed by atoms with van der Waals surface area (Å²) in [5, 5.41) is 0. The minimum absolute atomic E-state index is 0.384. The molecule has 80 valence electrons. The fraction of sp³-hybridized carbons (Fsp3) is 0.143. The van der Waals surface area contributed by atoms with Gasteiger partial charge in [-0.1, -0.05) is 42.5 Å². The molecule has 0 bridgehead atoms. The summed E-state index contributed by atoms with van der Waals surface area (Å²) in [6, 6.07) is 14.7. The second-order valence-electron chi connectivity index (χ2n) is 4.08. The molecule has 0 radical (unpaired) electrons. The molecule has 3 rings (SSSR count). The summed E-state index contributed by atoms with van der Waals surface area (Å²) in [6.45, 7) is 0. The lowest BCUT2D eigenvalue weighted by atomic mass is 10.0. The standard InChI is InChI=1S/C14H11FS/c15-16-9-10-5-6-14-12(7-10)8-11-3-1-2-4-13(11)14/h1-7H,8-9H2. The Hall–Kier alpha value is -1.28. The molecule has 0 saturated heterocycles. The Kier molecular flexibility index (Phi) is 2.44. The van der Waals surface area contributed by atoms with Gasteiger partial charge in [-0.2, -0.15) is 3.89 Å². The minimum Gasteiger partial charge on any atom is -0.165 e. The number of rotatable bonds is 2. The van der Waals surface area contributed by atoms with Crippen molar-refractivity contribution in [3.8, 4) is 11.1 Å². The summed E-state index contributed by atoms with van der Waals surface area (Å²) < 4.78 is 12.2. The van der Waals surface area contributed by atoms with Crippen LogP contribution in [0, 0.1) is 0 Å². The average molecular weight is 230 g/mol. The van der Waals surface area contributed by atoms with E-state index in [9.17, 15) is 3.89 Å². The van der Waals surface area contributed by atoms with Crippen LogP contribution in [0.15, 0.2) is 42.5 Å². The molecule has 0 saturated carbocycles. The van der Waals surface area contributed by atoms with Crippen molar-refractivity contribution in [3.63, 3.8) is 0 Å². The fourth-order valence-electron chi connectivity index (χ4n) is 2.35. The Morgan fingerprint density at radius 2 is 1.81 bits per heavy atom. The van der Waals surface area contributed by atoms with Gasteiger partial charge in [0.2, 0.25) is 0 Å². The molecule has 1 aliphatic rings. The van der Waals surface area contributed by atoms with Gasteiger partial charge >= 0.3 is 0 Å². The maximum atomic E-state index is 12.2. The normalized spacial score (nSPS) is 12.3. The maximum Gasteiger partial charge on any atom is 0.0501 e. The highest BCUT2D eigenvalue weighted by atomic mass is 32.2. The summed E-state index contributed by atoms with van der Waals surface area (Å²) in [7, 11) is 0. The number of fused-ring (bicyclic) bond motifs is 3. The summed E-state index contributed by atoms with van der Waals surface area (Å²) >= 11 is 0.384. The lowest BCUT2D eigenvalue weighted by Gasteiger charge is -2.02. The summed E-state index contributed by atoms with van der Waals surface area (Å²) in [5.41, 5.74) is 6.41. The van der Waals surface area contributed by atoms with Gasteiger partial charge in [-0.25, -0.2) is 0 Å². The highest BCUT2D eigenvalue weighted by Gasteiger charge is 2.17. The van der Waals surface area contributed by atoms with Crippen LogP contribution in [0.4, 0.5) is 3.89 Å². The summed E-state index contributed by atoms with van der Waals surface area (Å²) in [5.74, 6) is 0.448. The Bertz CT molecular complexity index is 534. The third kappa shape index (κ3) is 1.54. The van der Waals surface area contributed by atoms with Crippen molar-refractivity contribution in [3.05, 3.63) is 59.2 Å². The first-order valence-corrected chi connectivity index (χ1v) is 6.20. The van der Waals surface area contributed by atoms with Crippen molar-refractivity contribution in [1.29, 1.82) is 0 Å². The van der Waals surface area contributed by atoms with Crippen LogP contribution in [0.2, 0.25) is 0 Å². The molecule has 2 aromatic carbocycles. The molecule has 0 aliphatic heterocycles. The van der Waals surface area contributed by atoms with E-state index in [0.717, 1.165) is 12.0 Å². The number of hydrogen-bond donors (Lipinski definition) is 0. The highest BCUT2D eigenvalue weighted by Crippen LogP contribution is 2.37. The quantitative estimate of drug-likeness (QED) is 0.629. The van der Waals surface area contributed by atoms with Gasteiger partial charge in [-0.05, 0) is 34.2 Å². The van der Waals surface area contributed by atoms with Crippen LogP contribution >= 0.6 is 12.1 Å². The molecule has 0 aromatic heterocycles. The van der Waals surface area contributed by atoms with Gasteiger partial charge in [0.1, 0.15) is 0 Å². The lowest BCUT2D eigenvalue weighted by molar-refractivity contribution is 0.932. The van der Waals surface area contributed by atoms with Crippen molar-refractivity contribution < 1.29 is 3.89 Å². The Morgan fingerprint density at radius 3 is 2.69 bits per heavy atom. The molecular formula is C14H11FS. The van der Waals surface area contributed by atoms with Crippen LogP contribution in [0.25, 0.3) is 11.1 Å². The monoisotopic (exact) mass is 230 g/mol. The zero-order valence-electron chi connectivity index (χ0n) is 8.74. The van der Waals surface area contributed by atoms with E-state index in [1.165, 1.54) is 22.3 Å². The number of halogens is 1. The molecule has 0 atom stereocenters. The van der Waals surface area contributed by atoms with Gasteiger partial charge in [0, 0.05) is 12.1 Å². The van der Waals surface area contributed by atoms with Gasteiger partial charge in [-0.3, -0.25) is 0 Å². The molecule has 0 amide bonds. The van der Waals surface area contributed by atoms with Crippen molar-refractivity contribution in [1.82, 2.24) is 0 Å². The first-order valence-electron chi connectivity index (χ1n) is 5.32. The van der Waals surface area contributed by atoms with E-state index >= 15 is 0 Å². The molecule has 0 nitrogen and oxygen atoms in total. The molecule has 0 heterocycles. The summed E-state index contributed by atoms with van der Waals surface area (Å²) in [6.07, 6.45) is 0.982. The number of hydrogen-bond acceptors (Lipinski definition) is 1. The molecule has 0 N–H and O–H groups in total. The van der Waals surface area contributed by atoms with Gasteiger partial charge < -0.3 is 0 Å². The predicted molar refractivity (Wildman–Crippen MR) is 67.1 cm³/mol. The third-order valence-corrected chi connectivity index (χ3v) is 3.52. The zero-order valence-corrected chi connectivity index (χ0v) is 9.56. The largest absolute Gasteiger partial charge is 0.165 e. The Labute approximate surface area is 98.8 Å². The van der Waals surface area contributed by atoms with E-state index in [2.05, 4.69) is 36.4 Å². The molecule has 2 heteroatoms. The van der Waals surface area contributed by atoms with Crippen LogP contribution in [0.1, 0.15) is 16.7 Å². The van der Waals surface area contributed by atoms with Crippen LogP contribution in [0.5, 0.6) is 0 Å². The van der Waals surface area contributed by atoms with E-state index in [1.54, 1.807) is 0 Å². The second-order valence-corrected chi connectivity index (χ2v) is 4.59. The molecule has 0 unspecified atom stereocenters. The van der Waals surface area contributed by atoms with Crippen molar-refractivity contribution >= 4 is 12.1 Å². The molecule has 1 aliphatic carbocycles. The van der Waals surface area contributed by atoms with E-state index in [0.29, 0.717) is 17.9 Å². The SMILES string of the molecule is FSCc1ccc2c(c1)Cc1ccccc1-2. The van der Waals surface area contributed by atoms with Crippen molar-refractivity contribution in [2.75, 3.05) is 0 Å². The van der Waals surface area contributed by atoms with Gasteiger partial charge in [0.05, 0.1) is 5.75 Å². The number of benzene rings is 2. The molecule has 0 spiro atoms. The van der Waals surface area contributed by atoms with Crippen LogP contribution in [-0.4, -0.2) is 0 Å². The fourth-order valence-corrected chi connectivity index (χ4v) is 2.66. The first-order chi connectivity index (χ1) is 7.88. The van der Waals surface area contributed by atoms with Gasteiger partial charge in [-0.15, -0.1) is 0 Å². The molecule has 2 aromatic rings. The molecule has 16 heavy (non-hydrogen) atoms. The Balaban J connectivity index is 2.07. The minimum atomic E-state index is 0.384. The van der Waals surface area contributed by atoms with Gasteiger partial charge in [0.15, 0.2) is 0 Å². The smallest absolute Gasteiger partial charge is 0.0501 e. The van der Waals surface area contributed by atoms with Gasteiger partial charge in [0.25, 0.3) is 0 Å². The van der Waals surface area contributed by atoms with Crippen molar-refractivity contribution in [2.24, 2.45) is 0 Å². The predicted octanol–water partition coefficient (Wildman–Crippen LogP) is 4.38. The van der Waals surface area contributed by atoms with E-state index in [4.69, 9.17) is 0 Å². The van der Waals surface area contributed by atoms with Crippen LogP contribution in [0.3, 0.4) is 0 Å². The Morgan fingerprint density at radius 1 is 1.00 bits per heavy atom. The second kappa shape index (κ2) is 3.95. The maximum absolute atomic E-state index is 12.2. The zero-order chi connectivity index (χ0) is 11.0. The van der Waals surface area contributed by atoms with Crippen molar-refractivity contribution in [2.45, 2.75) is 12.2 Å². The first kappa shape index (κ1) is 9.91. The lowest BCUT2D eigenvalue weighted by Crippen LogP contribution is -1.84. The van der Waals surface area contributed by atoms with E-state index < -0.39 is 0 Å². The van der Waals surface area contributed by atoms with Crippen LogP contribution in [-0.2, 0) is 12.2 Å². The van der Waals surface area contributed by atoms with E-state index in [-0.39, 0.29) is 0 Å².